The molecule has 2 aliphatic heterocycles. The third kappa shape index (κ3) is 3.07. The summed E-state index contributed by atoms with van der Waals surface area (Å²) in [4.78, 5) is 33.2. The molecule has 36 heavy (non-hydrogen) atoms. The fourth-order valence-corrected chi connectivity index (χ4v) is 6.90. The van der Waals surface area contributed by atoms with Crippen molar-refractivity contribution in [3.8, 4) is 20.2 Å². The second kappa shape index (κ2) is 7.94. The lowest BCUT2D eigenvalue weighted by atomic mass is 9.94. The Labute approximate surface area is 214 Å². The van der Waals surface area contributed by atoms with Crippen LogP contribution in [-0.4, -0.2) is 25.9 Å². The molecule has 180 valence electrons. The van der Waals surface area contributed by atoms with Crippen LogP contribution < -0.4 is 9.80 Å². The third-order valence-electron chi connectivity index (χ3n) is 6.78. The van der Waals surface area contributed by atoms with Gasteiger partial charge in [-0.3, -0.25) is 9.59 Å². The maximum atomic E-state index is 16.0. The van der Waals surface area contributed by atoms with Crippen molar-refractivity contribution >= 4 is 57.0 Å². The number of fused-ring (bicyclic) bond motifs is 2. The number of carbonyl (C=O) groups excluding carboxylic acids is 2. The number of amides is 2. The molecule has 8 heteroatoms. The Balaban J connectivity index is 1.52. The summed E-state index contributed by atoms with van der Waals surface area (Å²) in [5.74, 6) is -2.01. The van der Waals surface area contributed by atoms with Crippen LogP contribution in [0.3, 0.4) is 0 Å². The molecule has 0 N–H and O–H groups in total. The molecule has 2 aromatic carbocycles. The number of thiophene rings is 2. The van der Waals surface area contributed by atoms with Crippen molar-refractivity contribution in [3.05, 3.63) is 81.7 Å². The van der Waals surface area contributed by atoms with Gasteiger partial charge in [0.05, 0.1) is 22.5 Å². The minimum atomic E-state index is -0.524. The highest BCUT2D eigenvalue weighted by molar-refractivity contribution is 7.23. The van der Waals surface area contributed by atoms with Crippen LogP contribution in [0.5, 0.6) is 0 Å². The summed E-state index contributed by atoms with van der Waals surface area (Å²) in [6.45, 7) is 3.66. The van der Waals surface area contributed by atoms with Gasteiger partial charge in [-0.05, 0) is 49.7 Å². The van der Waals surface area contributed by atoms with E-state index in [1.54, 1.807) is 42.5 Å². The van der Waals surface area contributed by atoms with E-state index < -0.39 is 23.4 Å². The predicted molar refractivity (Wildman–Crippen MR) is 143 cm³/mol. The normalized spacial score (nSPS) is 16.8. The number of nitrogens with zero attached hydrogens (tertiary/aromatic N) is 2. The van der Waals surface area contributed by atoms with Gasteiger partial charge in [0.15, 0.2) is 5.82 Å². The zero-order chi connectivity index (χ0) is 25.5. The highest BCUT2D eigenvalue weighted by Gasteiger charge is 2.42. The van der Waals surface area contributed by atoms with Gasteiger partial charge in [-0.2, -0.15) is 0 Å². The van der Waals surface area contributed by atoms with E-state index in [1.165, 1.54) is 40.1 Å². The van der Waals surface area contributed by atoms with Crippen molar-refractivity contribution in [2.24, 2.45) is 0 Å². The summed E-state index contributed by atoms with van der Waals surface area (Å²) in [7, 11) is 2.98. The number of aryl methyl sites for hydroxylation is 2. The summed E-state index contributed by atoms with van der Waals surface area (Å²) in [6, 6.07) is 14.5. The first-order valence-electron chi connectivity index (χ1n) is 11.3. The molecule has 2 aliphatic rings. The van der Waals surface area contributed by atoms with E-state index >= 15 is 4.39 Å². The van der Waals surface area contributed by atoms with Gasteiger partial charge in [-0.1, -0.05) is 18.2 Å². The van der Waals surface area contributed by atoms with Crippen molar-refractivity contribution in [3.63, 3.8) is 0 Å². The van der Waals surface area contributed by atoms with Crippen LogP contribution in [0.15, 0.2) is 48.5 Å². The average molecular weight is 519 g/mol. The molecule has 0 fully saturated rings. The van der Waals surface area contributed by atoms with Crippen LogP contribution in [0.25, 0.3) is 31.3 Å². The number of anilines is 2. The first kappa shape index (κ1) is 22.8. The largest absolute Gasteiger partial charge is 0.308 e. The van der Waals surface area contributed by atoms with E-state index in [1.807, 2.05) is 19.1 Å². The molecule has 4 heterocycles. The average Bonchev–Trinajstić information content (AvgIpc) is 3.60. The van der Waals surface area contributed by atoms with Crippen LogP contribution in [-0.2, 0) is 9.59 Å². The Morgan fingerprint density at radius 2 is 1.11 bits per heavy atom. The van der Waals surface area contributed by atoms with Crippen LogP contribution >= 0.6 is 22.7 Å². The third-order valence-corrected chi connectivity index (χ3v) is 9.09. The van der Waals surface area contributed by atoms with E-state index in [0.29, 0.717) is 22.3 Å². The Morgan fingerprint density at radius 3 is 1.72 bits per heavy atom. The molecule has 0 unspecified atom stereocenters. The molecule has 0 saturated heterocycles. The summed E-state index contributed by atoms with van der Waals surface area (Å²) >= 11 is 3.17. The van der Waals surface area contributed by atoms with Gasteiger partial charge in [0.1, 0.15) is 5.82 Å². The second-order valence-electron chi connectivity index (χ2n) is 8.97. The zero-order valence-corrected chi connectivity index (χ0v) is 21.5. The molecule has 6 rings (SSSR count). The van der Waals surface area contributed by atoms with Crippen molar-refractivity contribution in [2.75, 3.05) is 23.9 Å². The number of hydrogen-bond acceptors (Lipinski definition) is 4. The van der Waals surface area contributed by atoms with Gasteiger partial charge in [0.25, 0.3) is 11.8 Å². The Kier molecular flexibility index (Phi) is 5.04. The highest BCUT2D eigenvalue weighted by atomic mass is 32.1. The molecule has 0 atom stereocenters. The molecular formula is C28H20F2N2O2S2. The quantitative estimate of drug-likeness (QED) is 0.271. The van der Waals surface area contributed by atoms with Gasteiger partial charge in [0, 0.05) is 50.3 Å². The van der Waals surface area contributed by atoms with Gasteiger partial charge in [-0.15, -0.1) is 22.7 Å². The van der Waals surface area contributed by atoms with Gasteiger partial charge in [0.2, 0.25) is 0 Å². The Bertz CT molecular complexity index is 1660. The number of halogens is 2. The van der Waals surface area contributed by atoms with Crippen molar-refractivity contribution in [1.29, 1.82) is 0 Å². The lowest BCUT2D eigenvalue weighted by Gasteiger charge is -2.12. The molecule has 0 spiro atoms. The molecule has 4 nitrogen and oxygen atoms in total. The topological polar surface area (TPSA) is 40.6 Å². The first-order valence-corrected chi connectivity index (χ1v) is 12.9. The van der Waals surface area contributed by atoms with Crippen LogP contribution in [0.1, 0.15) is 21.6 Å². The summed E-state index contributed by atoms with van der Waals surface area (Å²) < 4.78 is 30.9. The SMILES string of the molecule is Cc1ccc(-c2ccc(-c3ccc4c(c3F)N(C)C(=O)/C4=C3/C(=O)N(C)c4c3ccc(C)c4F)s2)s1. The number of likely N-dealkylation sites (N-methyl/N-ethyl adjacent to an activating group) is 2. The van der Waals surface area contributed by atoms with E-state index in [4.69, 9.17) is 0 Å². The Morgan fingerprint density at radius 1 is 0.611 bits per heavy atom. The minimum Gasteiger partial charge on any atom is -0.308 e. The van der Waals surface area contributed by atoms with Gasteiger partial charge >= 0.3 is 0 Å². The van der Waals surface area contributed by atoms with Crippen LogP contribution in [0.2, 0.25) is 0 Å². The first-order chi connectivity index (χ1) is 17.2. The van der Waals surface area contributed by atoms with E-state index in [9.17, 15) is 14.0 Å². The van der Waals surface area contributed by atoms with Crippen molar-refractivity contribution < 1.29 is 18.4 Å². The number of rotatable bonds is 2. The maximum Gasteiger partial charge on any atom is 0.259 e. The predicted octanol–water partition coefficient (Wildman–Crippen LogP) is 6.90. The summed E-state index contributed by atoms with van der Waals surface area (Å²) in [6.07, 6.45) is 0. The minimum absolute atomic E-state index is 0.0951. The van der Waals surface area contributed by atoms with E-state index in [2.05, 4.69) is 12.1 Å². The lowest BCUT2D eigenvalue weighted by Crippen LogP contribution is -2.24. The molecule has 2 amide bonds. The summed E-state index contributed by atoms with van der Waals surface area (Å²) in [5.41, 5.74) is 1.92. The van der Waals surface area contributed by atoms with Crippen molar-refractivity contribution in [1.82, 2.24) is 0 Å². The Hall–Kier alpha value is -3.62. The molecule has 2 aromatic heterocycles. The van der Waals surface area contributed by atoms with Crippen molar-refractivity contribution in [2.45, 2.75) is 13.8 Å². The molecule has 0 saturated carbocycles. The van der Waals surface area contributed by atoms with Crippen LogP contribution in [0, 0.1) is 25.5 Å². The number of carbonyl (C=O) groups is 2. The molecule has 4 aromatic rings. The number of hydrogen-bond donors (Lipinski definition) is 0. The monoisotopic (exact) mass is 518 g/mol. The smallest absolute Gasteiger partial charge is 0.259 e. The summed E-state index contributed by atoms with van der Waals surface area (Å²) in [5, 5.41) is 0. The molecule has 0 radical (unpaired) electrons. The molecule has 0 bridgehead atoms. The zero-order valence-electron chi connectivity index (χ0n) is 19.9. The van der Waals surface area contributed by atoms with Crippen LogP contribution in [0.4, 0.5) is 20.2 Å². The van der Waals surface area contributed by atoms with Gasteiger partial charge in [-0.25, -0.2) is 8.78 Å². The highest BCUT2D eigenvalue weighted by Crippen LogP contribution is 2.49. The van der Waals surface area contributed by atoms with E-state index in [-0.39, 0.29) is 22.5 Å². The fourth-order valence-electron chi connectivity index (χ4n) is 4.91. The lowest BCUT2D eigenvalue weighted by molar-refractivity contribution is -0.114. The fraction of sp³-hybridized carbons (Fsp3) is 0.143. The maximum absolute atomic E-state index is 16.0. The molecular weight excluding hydrogens is 498 g/mol. The standard InChI is InChI=1S/C28H20F2N2O2S2/c1-13-5-7-16-21(27(33)31(3)25(16)23(13)29)22-17-9-8-15(24(30)26(17)32(4)28(22)34)18-11-12-20(36-18)19-10-6-14(2)35-19/h5-12H,1-4H3/b22-21+. The van der Waals surface area contributed by atoms with E-state index in [0.717, 1.165) is 14.6 Å². The van der Waals surface area contributed by atoms with Gasteiger partial charge < -0.3 is 9.80 Å². The molecule has 0 aliphatic carbocycles. The number of benzene rings is 2. The second-order valence-corrected chi connectivity index (χ2v) is 11.3.